The molecular formula is C25H35N7O3. The minimum absolute atomic E-state index is 0.0940. The van der Waals surface area contributed by atoms with E-state index < -0.39 is 17.9 Å². The highest BCUT2D eigenvalue weighted by molar-refractivity contribution is 6.01. The lowest BCUT2D eigenvalue weighted by molar-refractivity contribution is -0.125. The number of hydrazine groups is 1. The van der Waals surface area contributed by atoms with Crippen molar-refractivity contribution in [3.05, 3.63) is 35.5 Å². The normalized spacial score (nSPS) is 14.7. The van der Waals surface area contributed by atoms with E-state index in [1.165, 1.54) is 13.3 Å². The van der Waals surface area contributed by atoms with Crippen molar-refractivity contribution in [2.75, 3.05) is 30.8 Å². The number of carbonyl (C=O) groups is 3. The SMILES string of the molecule is CNC(=O)C(CCC=O)N(N)C(=O)c1ccc(N2CC(C#C/C(C=N)=C/NC(C)(C)C)C2)cc1N. The third-order valence-electron chi connectivity index (χ3n) is 5.43. The van der Waals surface area contributed by atoms with Gasteiger partial charge in [-0.3, -0.25) is 14.6 Å². The molecule has 1 aromatic carbocycles. The maximum atomic E-state index is 12.9. The molecule has 1 saturated heterocycles. The largest absolute Gasteiger partial charge is 0.398 e. The second-order valence-electron chi connectivity index (χ2n) is 9.37. The maximum Gasteiger partial charge on any atom is 0.270 e. The number of benzene rings is 1. The fourth-order valence-corrected chi connectivity index (χ4v) is 3.39. The number of anilines is 2. The quantitative estimate of drug-likeness (QED) is 0.0670. The van der Waals surface area contributed by atoms with E-state index in [-0.39, 0.29) is 35.5 Å². The molecule has 1 aromatic rings. The minimum Gasteiger partial charge on any atom is -0.398 e. The molecule has 0 aliphatic carbocycles. The van der Waals surface area contributed by atoms with Crippen LogP contribution in [0.15, 0.2) is 30.0 Å². The number of amides is 2. The van der Waals surface area contributed by atoms with E-state index >= 15 is 0 Å². The zero-order chi connectivity index (χ0) is 26.2. The molecule has 35 heavy (non-hydrogen) atoms. The second kappa shape index (κ2) is 12.0. The van der Waals surface area contributed by atoms with Crippen molar-refractivity contribution in [3.63, 3.8) is 0 Å². The number of nitrogens with one attached hydrogen (secondary N) is 3. The van der Waals surface area contributed by atoms with E-state index in [4.69, 9.17) is 17.0 Å². The third kappa shape index (κ3) is 7.58. The summed E-state index contributed by atoms with van der Waals surface area (Å²) in [5.74, 6) is 11.3. The molecule has 0 saturated carbocycles. The van der Waals surface area contributed by atoms with Gasteiger partial charge in [0.1, 0.15) is 12.3 Å². The molecule has 10 heteroatoms. The van der Waals surface area contributed by atoms with Crippen molar-refractivity contribution < 1.29 is 14.4 Å². The Morgan fingerprint density at radius 1 is 1.34 bits per heavy atom. The van der Waals surface area contributed by atoms with Crippen LogP contribution in [-0.2, 0) is 9.59 Å². The van der Waals surface area contributed by atoms with Gasteiger partial charge in [0.25, 0.3) is 5.91 Å². The number of hydrogen-bond donors (Lipinski definition) is 5. The van der Waals surface area contributed by atoms with Crippen molar-refractivity contribution in [2.24, 2.45) is 11.8 Å². The topological polar surface area (TPSA) is 158 Å². The summed E-state index contributed by atoms with van der Waals surface area (Å²) in [4.78, 5) is 37.8. The van der Waals surface area contributed by atoms with Crippen LogP contribution in [-0.4, -0.2) is 61.0 Å². The highest BCUT2D eigenvalue weighted by atomic mass is 16.2. The van der Waals surface area contributed by atoms with Crippen LogP contribution in [0.25, 0.3) is 0 Å². The number of allylic oxidation sites excluding steroid dienone is 1. The number of hydrogen-bond acceptors (Lipinski definition) is 8. The Kier molecular flexibility index (Phi) is 9.42. The lowest BCUT2D eigenvalue weighted by atomic mass is 9.98. The van der Waals surface area contributed by atoms with Gasteiger partial charge in [-0.1, -0.05) is 11.8 Å². The summed E-state index contributed by atoms with van der Waals surface area (Å²) in [7, 11) is 1.44. The van der Waals surface area contributed by atoms with E-state index in [1.807, 2.05) is 20.8 Å². The molecule has 0 radical (unpaired) electrons. The van der Waals surface area contributed by atoms with Crippen molar-refractivity contribution in [2.45, 2.75) is 45.2 Å². The first kappa shape index (κ1) is 27.4. The van der Waals surface area contributed by atoms with Gasteiger partial charge in [0.15, 0.2) is 0 Å². The van der Waals surface area contributed by atoms with Crippen LogP contribution in [0.3, 0.4) is 0 Å². The van der Waals surface area contributed by atoms with Gasteiger partial charge in [-0.05, 0) is 45.4 Å². The molecule has 0 bridgehead atoms. The summed E-state index contributed by atoms with van der Waals surface area (Å²) in [6.45, 7) is 7.50. The fraction of sp³-hybridized carbons (Fsp3) is 0.440. The molecule has 0 spiro atoms. The second-order valence-corrected chi connectivity index (χ2v) is 9.37. The van der Waals surface area contributed by atoms with Gasteiger partial charge in [-0.25, -0.2) is 5.84 Å². The number of aldehydes is 1. The number of nitrogen functional groups attached to an aromatic ring is 1. The smallest absolute Gasteiger partial charge is 0.270 e. The molecule has 1 aliphatic rings. The third-order valence-corrected chi connectivity index (χ3v) is 5.43. The number of nitrogens with zero attached hydrogens (tertiary/aromatic N) is 2. The monoisotopic (exact) mass is 481 g/mol. The van der Waals surface area contributed by atoms with E-state index in [2.05, 4.69) is 27.4 Å². The average molecular weight is 482 g/mol. The maximum absolute atomic E-state index is 12.9. The molecule has 1 aliphatic heterocycles. The molecule has 1 heterocycles. The molecular weight excluding hydrogens is 446 g/mol. The number of carbonyl (C=O) groups excluding carboxylic acids is 3. The van der Waals surface area contributed by atoms with E-state index in [0.717, 1.165) is 10.7 Å². The highest BCUT2D eigenvalue weighted by Gasteiger charge is 2.30. The van der Waals surface area contributed by atoms with Gasteiger partial charge in [-0.15, -0.1) is 0 Å². The van der Waals surface area contributed by atoms with Gasteiger partial charge < -0.3 is 31.5 Å². The van der Waals surface area contributed by atoms with Gasteiger partial charge in [0.2, 0.25) is 5.91 Å². The van der Waals surface area contributed by atoms with Crippen LogP contribution in [0.2, 0.25) is 0 Å². The van der Waals surface area contributed by atoms with Crippen LogP contribution in [0.1, 0.15) is 44.0 Å². The van der Waals surface area contributed by atoms with Crippen molar-refractivity contribution in [1.29, 1.82) is 5.41 Å². The Morgan fingerprint density at radius 2 is 2.03 bits per heavy atom. The molecule has 0 aromatic heterocycles. The molecule has 1 atom stereocenters. The number of nitrogens with two attached hydrogens (primary N) is 2. The Labute approximate surface area is 206 Å². The Balaban J connectivity index is 2.05. The number of rotatable bonds is 9. The molecule has 10 nitrogen and oxygen atoms in total. The zero-order valence-electron chi connectivity index (χ0n) is 20.7. The van der Waals surface area contributed by atoms with Crippen LogP contribution in [0, 0.1) is 23.2 Å². The first-order chi connectivity index (χ1) is 16.5. The first-order valence-electron chi connectivity index (χ1n) is 11.4. The van der Waals surface area contributed by atoms with Crippen LogP contribution in [0.5, 0.6) is 0 Å². The molecule has 2 amide bonds. The summed E-state index contributed by atoms with van der Waals surface area (Å²) >= 11 is 0. The summed E-state index contributed by atoms with van der Waals surface area (Å²) in [5.41, 5.74) is 7.93. The lowest BCUT2D eigenvalue weighted by Crippen LogP contribution is -2.52. The first-order valence-corrected chi connectivity index (χ1v) is 11.4. The molecule has 188 valence electrons. The van der Waals surface area contributed by atoms with Crippen LogP contribution in [0.4, 0.5) is 11.4 Å². The number of likely N-dealkylation sites (N-methyl/N-ethyl adjacent to an activating group) is 1. The van der Waals surface area contributed by atoms with E-state index in [1.54, 1.807) is 24.4 Å². The Hall–Kier alpha value is -3.84. The molecule has 1 unspecified atom stereocenters. The molecule has 7 N–H and O–H groups in total. The Morgan fingerprint density at radius 3 is 2.57 bits per heavy atom. The highest BCUT2D eigenvalue weighted by Crippen LogP contribution is 2.28. The van der Waals surface area contributed by atoms with Crippen molar-refractivity contribution in [3.8, 4) is 11.8 Å². The minimum atomic E-state index is -0.981. The summed E-state index contributed by atoms with van der Waals surface area (Å²) in [6.07, 6.45) is 3.86. The van der Waals surface area contributed by atoms with Crippen LogP contribution >= 0.6 is 0 Å². The molecule has 1 fully saturated rings. The van der Waals surface area contributed by atoms with Crippen LogP contribution < -0.4 is 27.1 Å². The predicted octanol–water partition coefficient (Wildman–Crippen LogP) is 1.04. The van der Waals surface area contributed by atoms with Gasteiger partial charge in [0.05, 0.1) is 17.1 Å². The van der Waals surface area contributed by atoms with Crippen molar-refractivity contribution in [1.82, 2.24) is 15.6 Å². The average Bonchev–Trinajstić information content (AvgIpc) is 2.78. The Bertz CT molecular complexity index is 1040. The lowest BCUT2D eigenvalue weighted by Gasteiger charge is -2.38. The van der Waals surface area contributed by atoms with Gasteiger partial charge in [0, 0.05) is 55.9 Å². The van der Waals surface area contributed by atoms with Gasteiger partial charge in [-0.2, -0.15) is 0 Å². The van der Waals surface area contributed by atoms with Gasteiger partial charge >= 0.3 is 0 Å². The van der Waals surface area contributed by atoms with Crippen molar-refractivity contribution >= 4 is 35.7 Å². The van der Waals surface area contributed by atoms with E-state index in [9.17, 15) is 14.4 Å². The summed E-state index contributed by atoms with van der Waals surface area (Å²) in [5, 5.41) is 14.0. The molecule has 2 rings (SSSR count). The predicted molar refractivity (Wildman–Crippen MR) is 138 cm³/mol. The summed E-state index contributed by atoms with van der Waals surface area (Å²) < 4.78 is 0. The standard InChI is InChI=1S/C25H35N7O3/c1-25(2,3)30-14-17(13-26)7-8-18-15-31(16-18)19-9-10-20(21(27)12-19)24(35)32(28)22(6-5-11-33)23(34)29-4/h9-14,18,22,26,30H,5-6,15-16,27-28H2,1-4H3,(H,29,34)/b17-14-,26-13?. The zero-order valence-corrected chi connectivity index (χ0v) is 20.7. The van der Waals surface area contributed by atoms with E-state index in [0.29, 0.717) is 24.9 Å². The fourth-order valence-electron chi connectivity index (χ4n) is 3.39. The summed E-state index contributed by atoms with van der Waals surface area (Å²) in [6, 6.07) is 4.07.